The molecule has 92 valence electrons. The van der Waals surface area contributed by atoms with Gasteiger partial charge in [-0.15, -0.1) is 0 Å². The summed E-state index contributed by atoms with van der Waals surface area (Å²) in [4.78, 5) is 13.7. The molecule has 0 aromatic carbocycles. The molecule has 1 saturated heterocycles. The number of ether oxygens (including phenoxy) is 1. The third-order valence-corrected chi connectivity index (χ3v) is 4.07. The van der Waals surface area contributed by atoms with Crippen molar-refractivity contribution in [3.05, 3.63) is 0 Å². The maximum Gasteiger partial charge on any atom is 0.324 e. The van der Waals surface area contributed by atoms with E-state index in [9.17, 15) is 9.90 Å². The molecule has 2 rings (SSSR count). The Kier molecular flexibility index (Phi) is 3.50. The van der Waals surface area contributed by atoms with Crippen molar-refractivity contribution in [2.24, 2.45) is 0 Å². The van der Waals surface area contributed by atoms with E-state index in [1.165, 1.54) is 12.8 Å². The zero-order valence-corrected chi connectivity index (χ0v) is 9.95. The van der Waals surface area contributed by atoms with Crippen LogP contribution in [0.4, 0.5) is 0 Å². The van der Waals surface area contributed by atoms with Gasteiger partial charge in [0.2, 0.25) is 0 Å². The van der Waals surface area contributed by atoms with Crippen molar-refractivity contribution in [2.75, 3.05) is 20.2 Å². The Morgan fingerprint density at radius 2 is 1.81 bits per heavy atom. The number of carbonyl (C=O) groups is 1. The van der Waals surface area contributed by atoms with E-state index in [0.717, 1.165) is 25.9 Å². The fourth-order valence-electron chi connectivity index (χ4n) is 2.93. The molecule has 4 nitrogen and oxygen atoms in total. The Hall–Kier alpha value is -0.610. The zero-order valence-electron chi connectivity index (χ0n) is 9.95. The quantitative estimate of drug-likeness (QED) is 0.793. The van der Waals surface area contributed by atoms with Crippen LogP contribution in [0, 0.1) is 0 Å². The van der Waals surface area contributed by atoms with E-state index in [-0.39, 0.29) is 6.10 Å². The highest BCUT2D eigenvalue weighted by Crippen LogP contribution is 2.40. The van der Waals surface area contributed by atoms with Gasteiger partial charge < -0.3 is 9.84 Å². The van der Waals surface area contributed by atoms with Crippen molar-refractivity contribution in [3.63, 3.8) is 0 Å². The predicted octanol–water partition coefficient (Wildman–Crippen LogP) is 1.49. The van der Waals surface area contributed by atoms with Gasteiger partial charge in [-0.1, -0.05) is 12.8 Å². The number of aliphatic carboxylic acids is 1. The molecular weight excluding hydrogens is 206 g/mol. The third-order valence-electron chi connectivity index (χ3n) is 4.07. The van der Waals surface area contributed by atoms with Crippen LogP contribution in [-0.4, -0.2) is 47.8 Å². The highest BCUT2D eigenvalue weighted by Gasteiger charge is 2.54. The van der Waals surface area contributed by atoms with Gasteiger partial charge in [0.05, 0.1) is 6.10 Å². The first-order chi connectivity index (χ1) is 7.69. The molecule has 0 spiro atoms. The van der Waals surface area contributed by atoms with Crippen LogP contribution in [0.3, 0.4) is 0 Å². The molecule has 1 saturated carbocycles. The Bertz CT molecular complexity index is 253. The van der Waals surface area contributed by atoms with Crippen LogP contribution < -0.4 is 0 Å². The van der Waals surface area contributed by atoms with Crippen LogP contribution in [0.1, 0.15) is 38.5 Å². The number of hydrogen-bond acceptors (Lipinski definition) is 3. The SMILES string of the molecule is COC1CC(C(=O)O)(N2CCCCCC2)C1. The van der Waals surface area contributed by atoms with E-state index in [0.29, 0.717) is 12.8 Å². The van der Waals surface area contributed by atoms with E-state index in [2.05, 4.69) is 4.90 Å². The Balaban J connectivity index is 2.04. The smallest absolute Gasteiger partial charge is 0.324 e. The van der Waals surface area contributed by atoms with Crippen molar-refractivity contribution in [2.45, 2.75) is 50.2 Å². The van der Waals surface area contributed by atoms with E-state index in [1.54, 1.807) is 7.11 Å². The molecule has 0 unspecified atom stereocenters. The molecule has 16 heavy (non-hydrogen) atoms. The van der Waals surface area contributed by atoms with Crippen LogP contribution in [0.15, 0.2) is 0 Å². The lowest BCUT2D eigenvalue weighted by Crippen LogP contribution is -2.64. The summed E-state index contributed by atoms with van der Waals surface area (Å²) in [5.74, 6) is -0.664. The minimum Gasteiger partial charge on any atom is -0.480 e. The van der Waals surface area contributed by atoms with Crippen LogP contribution in [0.5, 0.6) is 0 Å². The van der Waals surface area contributed by atoms with Gasteiger partial charge in [-0.3, -0.25) is 9.69 Å². The number of rotatable bonds is 3. The van der Waals surface area contributed by atoms with Gasteiger partial charge in [0.1, 0.15) is 5.54 Å². The first kappa shape index (κ1) is 11.9. The van der Waals surface area contributed by atoms with Crippen LogP contribution >= 0.6 is 0 Å². The average Bonchev–Trinajstić information content (AvgIpc) is 2.45. The number of nitrogens with zero attached hydrogens (tertiary/aromatic N) is 1. The van der Waals surface area contributed by atoms with Gasteiger partial charge in [0, 0.05) is 20.0 Å². The standard InChI is InChI=1S/C12H21NO3/c1-16-10-8-12(9-10,11(14)15)13-6-4-2-3-5-7-13/h10H,2-9H2,1H3,(H,14,15). The number of carboxylic acids is 1. The molecule has 0 bridgehead atoms. The second kappa shape index (κ2) is 4.72. The summed E-state index contributed by atoms with van der Waals surface area (Å²) in [5.41, 5.74) is -0.620. The second-order valence-corrected chi connectivity index (χ2v) is 5.00. The summed E-state index contributed by atoms with van der Waals surface area (Å²) in [6.45, 7) is 1.87. The molecule has 1 N–H and O–H groups in total. The van der Waals surface area contributed by atoms with E-state index < -0.39 is 11.5 Å². The van der Waals surface area contributed by atoms with Crippen LogP contribution in [-0.2, 0) is 9.53 Å². The fraction of sp³-hybridized carbons (Fsp3) is 0.917. The number of methoxy groups -OCH3 is 1. The molecule has 0 amide bonds. The summed E-state index contributed by atoms with van der Waals surface area (Å²) < 4.78 is 5.22. The predicted molar refractivity (Wildman–Crippen MR) is 60.4 cm³/mol. The maximum absolute atomic E-state index is 11.5. The topological polar surface area (TPSA) is 49.8 Å². The minimum atomic E-state index is -0.664. The summed E-state index contributed by atoms with van der Waals surface area (Å²) in [6, 6.07) is 0. The van der Waals surface area contributed by atoms with Crippen molar-refractivity contribution in [1.82, 2.24) is 4.90 Å². The molecule has 1 heterocycles. The molecule has 0 aromatic heterocycles. The lowest BCUT2D eigenvalue weighted by Gasteiger charge is -2.50. The molecule has 0 radical (unpaired) electrons. The summed E-state index contributed by atoms with van der Waals surface area (Å²) in [7, 11) is 1.67. The molecule has 4 heteroatoms. The van der Waals surface area contributed by atoms with Gasteiger partial charge in [-0.2, -0.15) is 0 Å². The van der Waals surface area contributed by atoms with Gasteiger partial charge in [-0.05, 0) is 25.9 Å². The van der Waals surface area contributed by atoms with Gasteiger partial charge in [-0.25, -0.2) is 0 Å². The first-order valence-corrected chi connectivity index (χ1v) is 6.20. The molecule has 2 fully saturated rings. The lowest BCUT2D eigenvalue weighted by atomic mass is 9.72. The summed E-state index contributed by atoms with van der Waals surface area (Å²) >= 11 is 0. The van der Waals surface area contributed by atoms with Crippen molar-refractivity contribution < 1.29 is 14.6 Å². The lowest BCUT2D eigenvalue weighted by molar-refractivity contribution is -0.170. The van der Waals surface area contributed by atoms with E-state index >= 15 is 0 Å². The van der Waals surface area contributed by atoms with Gasteiger partial charge in [0.15, 0.2) is 0 Å². The van der Waals surface area contributed by atoms with Gasteiger partial charge in [0.25, 0.3) is 0 Å². The van der Waals surface area contributed by atoms with Crippen LogP contribution in [0.2, 0.25) is 0 Å². The summed E-state index contributed by atoms with van der Waals surface area (Å²) in [6.07, 6.45) is 6.18. The van der Waals surface area contributed by atoms with Crippen molar-refractivity contribution in [1.29, 1.82) is 0 Å². The number of carboxylic acid groups (broad SMARTS) is 1. The highest BCUT2D eigenvalue weighted by atomic mass is 16.5. The number of likely N-dealkylation sites (tertiary alicyclic amines) is 1. The zero-order chi connectivity index (χ0) is 11.6. The first-order valence-electron chi connectivity index (χ1n) is 6.20. The van der Waals surface area contributed by atoms with Crippen LogP contribution in [0.25, 0.3) is 0 Å². The fourth-order valence-corrected chi connectivity index (χ4v) is 2.93. The molecule has 0 atom stereocenters. The van der Waals surface area contributed by atoms with Crippen molar-refractivity contribution >= 4 is 5.97 Å². The molecule has 1 aliphatic carbocycles. The highest BCUT2D eigenvalue weighted by molar-refractivity contribution is 5.80. The molecular formula is C12H21NO3. The molecule has 2 aliphatic rings. The monoisotopic (exact) mass is 227 g/mol. The Morgan fingerprint density at radius 1 is 1.25 bits per heavy atom. The molecule has 1 aliphatic heterocycles. The maximum atomic E-state index is 11.5. The number of hydrogen-bond donors (Lipinski definition) is 1. The normalized spacial score (nSPS) is 36.4. The van der Waals surface area contributed by atoms with Gasteiger partial charge >= 0.3 is 5.97 Å². The average molecular weight is 227 g/mol. The van der Waals surface area contributed by atoms with E-state index in [4.69, 9.17) is 4.74 Å². The minimum absolute atomic E-state index is 0.138. The van der Waals surface area contributed by atoms with E-state index in [1.807, 2.05) is 0 Å². The second-order valence-electron chi connectivity index (χ2n) is 5.00. The summed E-state index contributed by atoms with van der Waals surface area (Å²) in [5, 5.41) is 9.44. The molecule has 0 aromatic rings. The Morgan fingerprint density at radius 3 is 2.25 bits per heavy atom. The largest absolute Gasteiger partial charge is 0.480 e. The van der Waals surface area contributed by atoms with Crippen molar-refractivity contribution in [3.8, 4) is 0 Å². The Labute approximate surface area is 96.6 Å². The third kappa shape index (κ3) is 1.96.